The standard InChI is InChI=1S/C26H22BrClN2O5/c1-16-2-7-20(8-3-16)35-21-9-5-19(6-10-21)30-14-17(12-25(30)32)26(33)34-15-24(31)29-23-11-4-18(27)13-22(23)28/h2-11,13,17H,12,14-15H2,1H3,(H,29,31)/t17-/m1/s1. The lowest BCUT2D eigenvalue weighted by molar-refractivity contribution is -0.151. The van der Waals surface area contributed by atoms with E-state index in [9.17, 15) is 14.4 Å². The van der Waals surface area contributed by atoms with Gasteiger partial charge in [0.15, 0.2) is 6.61 Å². The van der Waals surface area contributed by atoms with Gasteiger partial charge in [0.25, 0.3) is 5.91 Å². The van der Waals surface area contributed by atoms with Crippen LogP contribution in [-0.4, -0.2) is 30.9 Å². The highest BCUT2D eigenvalue weighted by Crippen LogP contribution is 2.29. The second-order valence-electron chi connectivity index (χ2n) is 8.09. The number of halogens is 2. The van der Waals surface area contributed by atoms with Crippen LogP contribution in [0.25, 0.3) is 0 Å². The number of rotatable bonds is 7. The van der Waals surface area contributed by atoms with Crippen molar-refractivity contribution in [1.29, 1.82) is 0 Å². The summed E-state index contributed by atoms with van der Waals surface area (Å²) in [7, 11) is 0. The summed E-state index contributed by atoms with van der Waals surface area (Å²) in [4.78, 5) is 38.7. The second kappa shape index (κ2) is 10.9. The number of carbonyl (C=O) groups is 3. The number of benzene rings is 3. The average Bonchev–Trinajstić information content (AvgIpc) is 3.23. The fourth-order valence-electron chi connectivity index (χ4n) is 3.58. The van der Waals surface area contributed by atoms with Crippen molar-refractivity contribution in [3.05, 3.63) is 81.8 Å². The third-order valence-electron chi connectivity index (χ3n) is 5.41. The molecule has 9 heteroatoms. The fourth-order valence-corrected chi connectivity index (χ4v) is 4.30. The molecule has 7 nitrogen and oxygen atoms in total. The second-order valence-corrected chi connectivity index (χ2v) is 9.42. The van der Waals surface area contributed by atoms with Crippen molar-refractivity contribution in [2.24, 2.45) is 5.92 Å². The molecule has 1 N–H and O–H groups in total. The topological polar surface area (TPSA) is 84.9 Å². The molecular weight excluding hydrogens is 536 g/mol. The van der Waals surface area contributed by atoms with Gasteiger partial charge >= 0.3 is 5.97 Å². The van der Waals surface area contributed by atoms with E-state index in [1.807, 2.05) is 31.2 Å². The van der Waals surface area contributed by atoms with Crippen molar-refractivity contribution < 1.29 is 23.9 Å². The molecule has 3 aromatic rings. The highest BCUT2D eigenvalue weighted by atomic mass is 79.9. The Labute approximate surface area is 216 Å². The van der Waals surface area contributed by atoms with Gasteiger partial charge in [-0.15, -0.1) is 0 Å². The number of hydrogen-bond acceptors (Lipinski definition) is 5. The number of aryl methyl sites for hydroxylation is 1. The molecule has 180 valence electrons. The van der Waals surface area contributed by atoms with Gasteiger partial charge in [-0.2, -0.15) is 0 Å². The Morgan fingerprint density at radius 1 is 1.06 bits per heavy atom. The van der Waals surface area contributed by atoms with Crippen molar-refractivity contribution in [3.63, 3.8) is 0 Å². The Morgan fingerprint density at radius 2 is 1.71 bits per heavy atom. The molecule has 0 spiro atoms. The Kier molecular flexibility index (Phi) is 7.73. The van der Waals surface area contributed by atoms with Crippen LogP contribution < -0.4 is 15.0 Å². The number of nitrogens with one attached hydrogen (secondary N) is 1. The number of amides is 2. The summed E-state index contributed by atoms with van der Waals surface area (Å²) < 4.78 is 11.7. The molecule has 1 saturated heterocycles. The molecule has 4 rings (SSSR count). The summed E-state index contributed by atoms with van der Waals surface area (Å²) >= 11 is 9.37. The molecule has 0 radical (unpaired) electrons. The van der Waals surface area contributed by atoms with Crippen LogP contribution in [0.3, 0.4) is 0 Å². The number of anilines is 2. The van der Waals surface area contributed by atoms with Crippen molar-refractivity contribution in [3.8, 4) is 11.5 Å². The number of hydrogen-bond donors (Lipinski definition) is 1. The third kappa shape index (κ3) is 6.41. The SMILES string of the molecule is Cc1ccc(Oc2ccc(N3C[C@H](C(=O)OCC(=O)Nc4ccc(Br)cc4Cl)CC3=O)cc2)cc1. The maximum atomic E-state index is 12.5. The van der Waals surface area contributed by atoms with E-state index in [0.717, 1.165) is 15.8 Å². The lowest BCUT2D eigenvalue weighted by atomic mass is 10.1. The Hall–Kier alpha value is -3.36. The molecule has 2 amide bonds. The van der Waals surface area contributed by atoms with E-state index in [0.29, 0.717) is 22.1 Å². The summed E-state index contributed by atoms with van der Waals surface area (Å²) in [6.45, 7) is 1.71. The zero-order valence-electron chi connectivity index (χ0n) is 18.8. The Bertz CT molecular complexity index is 1250. The van der Waals surface area contributed by atoms with Crippen LogP contribution in [0.15, 0.2) is 71.2 Å². The Balaban J connectivity index is 1.29. The van der Waals surface area contributed by atoms with Crippen molar-refractivity contribution in [2.75, 3.05) is 23.4 Å². The van der Waals surface area contributed by atoms with Crippen LogP contribution in [-0.2, 0) is 19.1 Å². The average molecular weight is 558 g/mol. The normalized spacial score (nSPS) is 15.1. The van der Waals surface area contributed by atoms with Crippen LogP contribution in [0.1, 0.15) is 12.0 Å². The third-order valence-corrected chi connectivity index (χ3v) is 6.22. The first-order valence-electron chi connectivity index (χ1n) is 10.8. The van der Waals surface area contributed by atoms with Gasteiger partial charge in [-0.1, -0.05) is 45.2 Å². The molecule has 35 heavy (non-hydrogen) atoms. The number of esters is 1. The van der Waals surface area contributed by atoms with Gasteiger partial charge in [0, 0.05) is 23.1 Å². The van der Waals surface area contributed by atoms with Gasteiger partial charge in [0.05, 0.1) is 16.6 Å². The predicted molar refractivity (Wildman–Crippen MR) is 137 cm³/mol. The monoisotopic (exact) mass is 556 g/mol. The van der Waals surface area contributed by atoms with Gasteiger partial charge in [0.2, 0.25) is 5.91 Å². The lowest BCUT2D eigenvalue weighted by Crippen LogP contribution is -2.28. The van der Waals surface area contributed by atoms with Crippen LogP contribution >= 0.6 is 27.5 Å². The van der Waals surface area contributed by atoms with Crippen LogP contribution in [0, 0.1) is 12.8 Å². The van der Waals surface area contributed by atoms with Crippen LogP contribution in [0.5, 0.6) is 11.5 Å². The van der Waals surface area contributed by atoms with Crippen LogP contribution in [0.2, 0.25) is 5.02 Å². The van der Waals surface area contributed by atoms with E-state index in [1.165, 1.54) is 4.90 Å². The first kappa shape index (κ1) is 24.8. The molecule has 0 saturated carbocycles. The minimum Gasteiger partial charge on any atom is -0.457 e. The number of nitrogens with zero attached hydrogens (tertiary/aromatic N) is 1. The maximum Gasteiger partial charge on any atom is 0.311 e. The molecule has 1 fully saturated rings. The Morgan fingerprint density at radius 3 is 2.37 bits per heavy atom. The highest BCUT2D eigenvalue weighted by Gasteiger charge is 2.36. The molecule has 1 aliphatic heterocycles. The van der Waals surface area contributed by atoms with E-state index in [1.54, 1.807) is 42.5 Å². The molecule has 1 aliphatic rings. The van der Waals surface area contributed by atoms with Crippen molar-refractivity contribution in [1.82, 2.24) is 0 Å². The number of carbonyl (C=O) groups excluding carboxylic acids is 3. The molecule has 0 unspecified atom stereocenters. The quantitative estimate of drug-likeness (QED) is 0.375. The minimum absolute atomic E-state index is 0.0145. The number of ether oxygens (including phenoxy) is 2. The first-order chi connectivity index (χ1) is 16.8. The molecule has 1 heterocycles. The molecule has 0 aliphatic carbocycles. The molecule has 1 atom stereocenters. The van der Waals surface area contributed by atoms with Gasteiger partial charge < -0.3 is 19.7 Å². The smallest absolute Gasteiger partial charge is 0.311 e. The van der Waals surface area contributed by atoms with Gasteiger partial charge in [-0.25, -0.2) is 0 Å². The molecular formula is C26H22BrClN2O5. The summed E-state index contributed by atoms with van der Waals surface area (Å²) in [5.41, 5.74) is 2.21. The lowest BCUT2D eigenvalue weighted by Gasteiger charge is -2.17. The van der Waals surface area contributed by atoms with Crippen LogP contribution in [0.4, 0.5) is 11.4 Å². The van der Waals surface area contributed by atoms with E-state index < -0.39 is 24.4 Å². The van der Waals surface area contributed by atoms with E-state index in [4.69, 9.17) is 21.1 Å². The van der Waals surface area contributed by atoms with Gasteiger partial charge in [0.1, 0.15) is 11.5 Å². The van der Waals surface area contributed by atoms with E-state index >= 15 is 0 Å². The minimum atomic E-state index is -0.657. The highest BCUT2D eigenvalue weighted by molar-refractivity contribution is 9.10. The summed E-state index contributed by atoms with van der Waals surface area (Å²) in [6, 6.07) is 19.8. The van der Waals surface area contributed by atoms with E-state index in [2.05, 4.69) is 21.2 Å². The fraction of sp³-hybridized carbons (Fsp3) is 0.192. The summed E-state index contributed by atoms with van der Waals surface area (Å²) in [6.07, 6.45) is 0.0145. The maximum absolute atomic E-state index is 12.5. The van der Waals surface area contributed by atoms with Crippen molar-refractivity contribution >= 4 is 56.7 Å². The van der Waals surface area contributed by atoms with Gasteiger partial charge in [-0.3, -0.25) is 14.4 Å². The zero-order valence-corrected chi connectivity index (χ0v) is 21.1. The molecule has 0 aromatic heterocycles. The van der Waals surface area contributed by atoms with Gasteiger partial charge in [-0.05, 0) is 61.5 Å². The first-order valence-corrected chi connectivity index (χ1v) is 12.0. The molecule has 3 aromatic carbocycles. The van der Waals surface area contributed by atoms with Crippen molar-refractivity contribution in [2.45, 2.75) is 13.3 Å². The van der Waals surface area contributed by atoms with E-state index in [-0.39, 0.29) is 18.9 Å². The summed E-state index contributed by atoms with van der Waals surface area (Å²) in [5.74, 6) is -0.614. The summed E-state index contributed by atoms with van der Waals surface area (Å²) in [5, 5.41) is 2.95. The molecule has 0 bridgehead atoms. The predicted octanol–water partition coefficient (Wildman–Crippen LogP) is 5.74. The largest absolute Gasteiger partial charge is 0.457 e. The zero-order chi connectivity index (χ0) is 24.9.